The van der Waals surface area contributed by atoms with Gasteiger partial charge in [-0.2, -0.15) is 0 Å². The van der Waals surface area contributed by atoms with Crippen LogP contribution < -0.4 is 5.32 Å². The van der Waals surface area contributed by atoms with Crippen LogP contribution in [0.3, 0.4) is 0 Å². The van der Waals surface area contributed by atoms with Gasteiger partial charge in [0.05, 0.1) is 10.4 Å². The maximum Gasteiger partial charge on any atom is 0.0590 e. The SMILES string of the molecule is CC(C)c1cc2ccccc2c2c1sc1c(Nc3ccc(-c4cccc5ccccc45)cc3)cccc12. The summed E-state index contributed by atoms with van der Waals surface area (Å²) in [5.74, 6) is 0.471. The number of benzene rings is 6. The molecule has 0 bridgehead atoms. The average molecular weight is 494 g/mol. The number of anilines is 2. The fourth-order valence-corrected chi connectivity index (χ4v) is 7.01. The summed E-state index contributed by atoms with van der Waals surface area (Å²) in [5.41, 5.74) is 6.19. The Hall–Kier alpha value is -4.14. The number of hydrogen-bond acceptors (Lipinski definition) is 2. The number of hydrogen-bond donors (Lipinski definition) is 1. The molecule has 0 fully saturated rings. The van der Waals surface area contributed by atoms with Gasteiger partial charge in [0, 0.05) is 21.2 Å². The van der Waals surface area contributed by atoms with Crippen molar-refractivity contribution < 1.29 is 0 Å². The van der Waals surface area contributed by atoms with E-state index in [1.807, 2.05) is 11.3 Å². The van der Waals surface area contributed by atoms with Crippen LogP contribution in [0, 0.1) is 0 Å². The van der Waals surface area contributed by atoms with Crippen molar-refractivity contribution in [2.75, 3.05) is 5.32 Å². The quantitative estimate of drug-likeness (QED) is 0.257. The smallest absolute Gasteiger partial charge is 0.0590 e. The van der Waals surface area contributed by atoms with Gasteiger partial charge in [0.2, 0.25) is 0 Å². The standard InChI is InChI=1S/C35H27NS/c1-22(2)31-21-25-10-4-6-13-29(25)33-30-15-8-16-32(34(30)37-35(31)33)36-26-19-17-24(18-20-26)28-14-7-11-23-9-3-5-12-27(23)28/h3-22,36H,1-2H3. The lowest BCUT2D eigenvalue weighted by Crippen LogP contribution is -1.90. The second kappa shape index (κ2) is 8.76. The minimum Gasteiger partial charge on any atom is -0.354 e. The van der Waals surface area contributed by atoms with Gasteiger partial charge < -0.3 is 5.32 Å². The summed E-state index contributed by atoms with van der Waals surface area (Å²) in [6.07, 6.45) is 0. The molecule has 0 atom stereocenters. The number of thiophene rings is 1. The Balaban J connectivity index is 1.32. The molecule has 7 aromatic rings. The summed E-state index contributed by atoms with van der Waals surface area (Å²) < 4.78 is 2.72. The molecular weight excluding hydrogens is 466 g/mol. The summed E-state index contributed by atoms with van der Waals surface area (Å²) in [4.78, 5) is 0. The zero-order chi connectivity index (χ0) is 24.9. The van der Waals surface area contributed by atoms with Crippen LogP contribution in [-0.4, -0.2) is 0 Å². The molecule has 7 rings (SSSR count). The fraction of sp³-hybridized carbons (Fsp3) is 0.0857. The molecule has 0 aliphatic rings. The molecule has 178 valence electrons. The summed E-state index contributed by atoms with van der Waals surface area (Å²) >= 11 is 1.92. The monoisotopic (exact) mass is 493 g/mol. The molecule has 0 radical (unpaired) electrons. The molecule has 1 N–H and O–H groups in total. The molecule has 0 saturated carbocycles. The molecule has 0 amide bonds. The zero-order valence-corrected chi connectivity index (χ0v) is 21.8. The van der Waals surface area contributed by atoms with Crippen molar-refractivity contribution in [3.05, 3.63) is 121 Å². The van der Waals surface area contributed by atoms with Crippen LogP contribution in [0.15, 0.2) is 115 Å². The van der Waals surface area contributed by atoms with E-state index in [0.717, 1.165) is 11.4 Å². The largest absolute Gasteiger partial charge is 0.354 e. The van der Waals surface area contributed by atoms with Crippen LogP contribution in [-0.2, 0) is 0 Å². The van der Waals surface area contributed by atoms with E-state index in [1.54, 1.807) is 0 Å². The number of fused-ring (bicyclic) bond motifs is 6. The molecule has 6 aromatic carbocycles. The summed E-state index contributed by atoms with van der Waals surface area (Å²) in [6.45, 7) is 4.59. The molecule has 0 spiro atoms. The van der Waals surface area contributed by atoms with E-state index in [1.165, 1.54) is 58.4 Å². The van der Waals surface area contributed by atoms with Crippen molar-refractivity contribution in [1.29, 1.82) is 0 Å². The highest BCUT2D eigenvalue weighted by molar-refractivity contribution is 7.26. The maximum absolute atomic E-state index is 3.73. The Bertz CT molecular complexity index is 1920. The highest BCUT2D eigenvalue weighted by atomic mass is 32.1. The van der Waals surface area contributed by atoms with Crippen LogP contribution >= 0.6 is 11.3 Å². The fourth-order valence-electron chi connectivity index (χ4n) is 5.57. The third kappa shape index (κ3) is 3.68. The van der Waals surface area contributed by atoms with E-state index >= 15 is 0 Å². The summed E-state index contributed by atoms with van der Waals surface area (Å²) in [6, 6.07) is 41.8. The Labute approximate surface area is 221 Å². The average Bonchev–Trinajstić information content (AvgIpc) is 3.34. The predicted octanol–water partition coefficient (Wildman–Crippen LogP) is 10.9. The first kappa shape index (κ1) is 22.1. The van der Waals surface area contributed by atoms with Crippen LogP contribution in [0.1, 0.15) is 25.3 Å². The van der Waals surface area contributed by atoms with Crippen LogP contribution in [0.25, 0.3) is 52.8 Å². The summed E-state index contributed by atoms with van der Waals surface area (Å²) in [7, 11) is 0. The highest BCUT2D eigenvalue weighted by Gasteiger charge is 2.17. The van der Waals surface area contributed by atoms with Gasteiger partial charge in [-0.25, -0.2) is 0 Å². The van der Waals surface area contributed by atoms with Crippen LogP contribution in [0.4, 0.5) is 11.4 Å². The van der Waals surface area contributed by atoms with Crippen LogP contribution in [0.5, 0.6) is 0 Å². The first-order chi connectivity index (χ1) is 18.2. The predicted molar refractivity (Wildman–Crippen MR) is 164 cm³/mol. The minimum absolute atomic E-state index is 0.471. The first-order valence-electron chi connectivity index (χ1n) is 12.9. The zero-order valence-electron chi connectivity index (χ0n) is 21.0. The van der Waals surface area contributed by atoms with Crippen molar-refractivity contribution in [1.82, 2.24) is 0 Å². The van der Waals surface area contributed by atoms with Gasteiger partial charge in [0.25, 0.3) is 0 Å². The molecule has 0 aliphatic heterocycles. The Kier molecular flexibility index (Phi) is 5.23. The third-order valence-corrected chi connectivity index (χ3v) is 8.69. The maximum atomic E-state index is 3.73. The molecule has 1 heterocycles. The van der Waals surface area contributed by atoms with Gasteiger partial charge in [-0.05, 0) is 68.4 Å². The van der Waals surface area contributed by atoms with Crippen molar-refractivity contribution in [2.45, 2.75) is 19.8 Å². The lowest BCUT2D eigenvalue weighted by Gasteiger charge is -2.11. The third-order valence-electron chi connectivity index (χ3n) is 7.41. The second-order valence-corrected chi connectivity index (χ2v) is 11.1. The molecular formula is C35H27NS. The van der Waals surface area contributed by atoms with Crippen LogP contribution in [0.2, 0.25) is 0 Å². The molecule has 2 heteroatoms. The van der Waals surface area contributed by atoms with E-state index in [-0.39, 0.29) is 0 Å². The van der Waals surface area contributed by atoms with Crippen molar-refractivity contribution >= 4 is 64.4 Å². The lowest BCUT2D eigenvalue weighted by atomic mass is 9.95. The number of rotatable bonds is 4. The minimum atomic E-state index is 0.471. The van der Waals surface area contributed by atoms with Gasteiger partial charge in [-0.3, -0.25) is 0 Å². The van der Waals surface area contributed by atoms with E-state index < -0.39 is 0 Å². The molecule has 0 saturated heterocycles. The van der Waals surface area contributed by atoms with Gasteiger partial charge in [-0.1, -0.05) is 105 Å². The first-order valence-corrected chi connectivity index (χ1v) is 13.7. The normalized spacial score (nSPS) is 11.8. The van der Waals surface area contributed by atoms with E-state index in [4.69, 9.17) is 0 Å². The van der Waals surface area contributed by atoms with Gasteiger partial charge >= 0.3 is 0 Å². The van der Waals surface area contributed by atoms with E-state index in [2.05, 4.69) is 134 Å². The molecule has 1 aromatic heterocycles. The van der Waals surface area contributed by atoms with Gasteiger partial charge in [-0.15, -0.1) is 11.3 Å². The Morgan fingerprint density at radius 1 is 0.595 bits per heavy atom. The second-order valence-electron chi connectivity index (χ2n) is 10.1. The highest BCUT2D eigenvalue weighted by Crippen LogP contribution is 2.45. The topological polar surface area (TPSA) is 12.0 Å². The Morgan fingerprint density at radius 2 is 1.27 bits per heavy atom. The van der Waals surface area contributed by atoms with Gasteiger partial charge in [0.1, 0.15) is 0 Å². The lowest BCUT2D eigenvalue weighted by molar-refractivity contribution is 0.879. The van der Waals surface area contributed by atoms with E-state index in [9.17, 15) is 0 Å². The molecule has 0 unspecified atom stereocenters. The van der Waals surface area contributed by atoms with E-state index in [0.29, 0.717) is 5.92 Å². The van der Waals surface area contributed by atoms with Crippen molar-refractivity contribution in [3.63, 3.8) is 0 Å². The summed E-state index contributed by atoms with van der Waals surface area (Å²) in [5, 5.41) is 11.7. The van der Waals surface area contributed by atoms with Crippen molar-refractivity contribution in [2.24, 2.45) is 0 Å². The van der Waals surface area contributed by atoms with Crippen molar-refractivity contribution in [3.8, 4) is 11.1 Å². The Morgan fingerprint density at radius 3 is 2.08 bits per heavy atom. The molecule has 1 nitrogen and oxygen atoms in total. The molecule has 0 aliphatic carbocycles. The number of nitrogens with one attached hydrogen (secondary N) is 1. The van der Waals surface area contributed by atoms with Gasteiger partial charge in [0.15, 0.2) is 0 Å². The molecule has 37 heavy (non-hydrogen) atoms.